The van der Waals surface area contributed by atoms with E-state index in [9.17, 15) is 4.79 Å². The standard InChI is InChI=1S/C13H15ClN4O/c1-8-4-12(14)11(7-15-8)13(19)16-5-10-6-17-18(3)9(10)2/h4,6-7H,5H2,1-3H3,(H,16,19). The molecule has 6 heteroatoms. The summed E-state index contributed by atoms with van der Waals surface area (Å²) < 4.78 is 1.77. The molecule has 1 N–H and O–H groups in total. The van der Waals surface area contributed by atoms with E-state index in [1.807, 2.05) is 20.9 Å². The van der Waals surface area contributed by atoms with Crippen molar-refractivity contribution < 1.29 is 4.79 Å². The van der Waals surface area contributed by atoms with Crippen LogP contribution in [0.4, 0.5) is 0 Å². The Morgan fingerprint density at radius 3 is 2.74 bits per heavy atom. The number of halogens is 1. The molecule has 0 saturated carbocycles. The average molecular weight is 279 g/mol. The van der Waals surface area contributed by atoms with Gasteiger partial charge in [-0.3, -0.25) is 14.5 Å². The first-order valence-electron chi connectivity index (χ1n) is 5.87. The Morgan fingerprint density at radius 2 is 2.16 bits per heavy atom. The molecule has 0 spiro atoms. The minimum absolute atomic E-state index is 0.235. The molecule has 0 aliphatic rings. The maximum Gasteiger partial charge on any atom is 0.254 e. The Labute approximate surface area is 116 Å². The number of amides is 1. The van der Waals surface area contributed by atoms with Gasteiger partial charge in [-0.05, 0) is 19.9 Å². The molecule has 0 radical (unpaired) electrons. The molecule has 0 aromatic carbocycles. The zero-order chi connectivity index (χ0) is 14.0. The number of nitrogens with one attached hydrogen (secondary N) is 1. The highest BCUT2D eigenvalue weighted by molar-refractivity contribution is 6.33. The molecule has 2 heterocycles. The zero-order valence-electron chi connectivity index (χ0n) is 11.1. The van der Waals surface area contributed by atoms with Gasteiger partial charge in [0.1, 0.15) is 0 Å². The van der Waals surface area contributed by atoms with Crippen LogP contribution in [-0.4, -0.2) is 20.7 Å². The summed E-state index contributed by atoms with van der Waals surface area (Å²) in [4.78, 5) is 16.1. The lowest BCUT2D eigenvalue weighted by molar-refractivity contribution is 0.0950. The molecule has 19 heavy (non-hydrogen) atoms. The van der Waals surface area contributed by atoms with E-state index in [1.54, 1.807) is 16.9 Å². The van der Waals surface area contributed by atoms with Crippen molar-refractivity contribution in [2.75, 3.05) is 0 Å². The second-order valence-electron chi connectivity index (χ2n) is 4.37. The predicted molar refractivity (Wildman–Crippen MR) is 73.1 cm³/mol. The van der Waals surface area contributed by atoms with Crippen molar-refractivity contribution in [3.63, 3.8) is 0 Å². The number of rotatable bonds is 3. The van der Waals surface area contributed by atoms with Gasteiger partial charge in [-0.1, -0.05) is 11.6 Å². The lowest BCUT2D eigenvalue weighted by Gasteiger charge is -2.06. The smallest absolute Gasteiger partial charge is 0.254 e. The van der Waals surface area contributed by atoms with Crippen LogP contribution in [0.5, 0.6) is 0 Å². The van der Waals surface area contributed by atoms with Gasteiger partial charge in [0.2, 0.25) is 0 Å². The molecule has 0 fully saturated rings. The van der Waals surface area contributed by atoms with E-state index in [4.69, 9.17) is 11.6 Å². The van der Waals surface area contributed by atoms with Crippen molar-refractivity contribution >= 4 is 17.5 Å². The molecule has 100 valence electrons. The van der Waals surface area contributed by atoms with Gasteiger partial charge in [0, 0.05) is 36.7 Å². The van der Waals surface area contributed by atoms with E-state index in [0.29, 0.717) is 17.1 Å². The Balaban J connectivity index is 2.07. The molecule has 0 aliphatic carbocycles. The van der Waals surface area contributed by atoms with Gasteiger partial charge in [0.05, 0.1) is 16.8 Å². The van der Waals surface area contributed by atoms with E-state index >= 15 is 0 Å². The molecule has 0 saturated heterocycles. The molecule has 0 atom stereocenters. The first-order valence-corrected chi connectivity index (χ1v) is 6.24. The largest absolute Gasteiger partial charge is 0.348 e. The van der Waals surface area contributed by atoms with Gasteiger partial charge in [-0.25, -0.2) is 0 Å². The maximum atomic E-state index is 12.0. The third kappa shape index (κ3) is 2.93. The predicted octanol–water partition coefficient (Wildman–Crippen LogP) is 2.02. The van der Waals surface area contributed by atoms with Crippen molar-refractivity contribution in [1.29, 1.82) is 0 Å². The normalized spacial score (nSPS) is 10.5. The van der Waals surface area contributed by atoms with Crippen LogP contribution < -0.4 is 5.32 Å². The number of aryl methyl sites for hydroxylation is 2. The minimum atomic E-state index is -0.235. The number of aromatic nitrogens is 3. The van der Waals surface area contributed by atoms with Crippen LogP contribution in [0.25, 0.3) is 0 Å². The third-order valence-electron chi connectivity index (χ3n) is 3.01. The summed E-state index contributed by atoms with van der Waals surface area (Å²) in [6.07, 6.45) is 3.23. The highest BCUT2D eigenvalue weighted by atomic mass is 35.5. The first kappa shape index (κ1) is 13.5. The van der Waals surface area contributed by atoms with Crippen LogP contribution in [0, 0.1) is 13.8 Å². The monoisotopic (exact) mass is 278 g/mol. The van der Waals surface area contributed by atoms with Crippen LogP contribution >= 0.6 is 11.6 Å². The Morgan fingerprint density at radius 1 is 1.42 bits per heavy atom. The molecule has 0 bridgehead atoms. The summed E-state index contributed by atoms with van der Waals surface area (Å²) >= 11 is 6.02. The van der Waals surface area contributed by atoms with Gasteiger partial charge >= 0.3 is 0 Å². The average Bonchev–Trinajstić information content (AvgIpc) is 2.67. The number of carbonyl (C=O) groups is 1. The Hall–Kier alpha value is -1.88. The fraction of sp³-hybridized carbons (Fsp3) is 0.308. The summed E-state index contributed by atoms with van der Waals surface area (Å²) in [6, 6.07) is 1.67. The quantitative estimate of drug-likeness (QED) is 0.934. The lowest BCUT2D eigenvalue weighted by atomic mass is 10.2. The molecular weight excluding hydrogens is 264 g/mol. The van der Waals surface area contributed by atoms with Gasteiger partial charge in [-0.15, -0.1) is 0 Å². The third-order valence-corrected chi connectivity index (χ3v) is 3.32. The van der Waals surface area contributed by atoms with E-state index in [2.05, 4.69) is 15.4 Å². The Kier molecular flexibility index (Phi) is 3.85. The number of hydrogen-bond donors (Lipinski definition) is 1. The number of nitrogens with zero attached hydrogens (tertiary/aromatic N) is 3. The molecule has 5 nitrogen and oxygen atoms in total. The van der Waals surface area contributed by atoms with E-state index < -0.39 is 0 Å². The number of carbonyl (C=O) groups excluding carboxylic acids is 1. The van der Waals surface area contributed by atoms with Crippen LogP contribution in [0.3, 0.4) is 0 Å². The second kappa shape index (κ2) is 5.40. The number of pyridine rings is 1. The van der Waals surface area contributed by atoms with Crippen molar-refractivity contribution in [2.45, 2.75) is 20.4 Å². The van der Waals surface area contributed by atoms with Crippen LogP contribution in [0.2, 0.25) is 5.02 Å². The zero-order valence-corrected chi connectivity index (χ0v) is 11.8. The van der Waals surface area contributed by atoms with Gasteiger partial charge in [0.15, 0.2) is 0 Å². The van der Waals surface area contributed by atoms with Gasteiger partial charge < -0.3 is 5.32 Å². The maximum absolute atomic E-state index is 12.0. The van der Waals surface area contributed by atoms with Crippen molar-refractivity contribution in [3.05, 3.63) is 46.0 Å². The summed E-state index contributed by atoms with van der Waals surface area (Å²) in [5, 5.41) is 7.35. The van der Waals surface area contributed by atoms with Crippen LogP contribution in [0.1, 0.15) is 27.3 Å². The molecule has 2 aromatic rings. The topological polar surface area (TPSA) is 59.8 Å². The fourth-order valence-corrected chi connectivity index (χ4v) is 1.97. The summed E-state index contributed by atoms with van der Waals surface area (Å²) in [7, 11) is 1.86. The highest BCUT2D eigenvalue weighted by Crippen LogP contribution is 2.15. The number of hydrogen-bond acceptors (Lipinski definition) is 3. The first-order chi connectivity index (χ1) is 8.99. The molecular formula is C13H15ClN4O. The van der Waals surface area contributed by atoms with Gasteiger partial charge in [0.25, 0.3) is 5.91 Å². The van der Waals surface area contributed by atoms with Crippen molar-refractivity contribution in [3.8, 4) is 0 Å². The van der Waals surface area contributed by atoms with E-state index in [-0.39, 0.29) is 5.91 Å². The van der Waals surface area contributed by atoms with Gasteiger partial charge in [-0.2, -0.15) is 5.10 Å². The van der Waals surface area contributed by atoms with E-state index in [1.165, 1.54) is 6.20 Å². The molecule has 2 rings (SSSR count). The van der Waals surface area contributed by atoms with E-state index in [0.717, 1.165) is 17.0 Å². The summed E-state index contributed by atoms with van der Waals surface area (Å²) in [6.45, 7) is 4.20. The fourth-order valence-electron chi connectivity index (χ4n) is 1.68. The second-order valence-corrected chi connectivity index (χ2v) is 4.77. The minimum Gasteiger partial charge on any atom is -0.348 e. The summed E-state index contributed by atoms with van der Waals surface area (Å²) in [5.41, 5.74) is 3.17. The SMILES string of the molecule is Cc1cc(Cl)c(C(=O)NCc2cnn(C)c2C)cn1. The molecule has 0 aliphatic heterocycles. The Bertz CT molecular complexity index is 621. The molecule has 2 aromatic heterocycles. The molecule has 0 unspecified atom stereocenters. The van der Waals surface area contributed by atoms with Crippen LogP contribution in [0.15, 0.2) is 18.5 Å². The van der Waals surface area contributed by atoms with Crippen LogP contribution in [-0.2, 0) is 13.6 Å². The lowest BCUT2D eigenvalue weighted by Crippen LogP contribution is -2.23. The van der Waals surface area contributed by atoms with Crippen molar-refractivity contribution in [1.82, 2.24) is 20.1 Å². The highest BCUT2D eigenvalue weighted by Gasteiger charge is 2.12. The molecule has 1 amide bonds. The van der Waals surface area contributed by atoms with Crippen molar-refractivity contribution in [2.24, 2.45) is 7.05 Å². The summed E-state index contributed by atoms with van der Waals surface area (Å²) in [5.74, 6) is -0.235.